The molecule has 30 heavy (non-hydrogen) atoms. The second kappa shape index (κ2) is 13.5. The molecule has 0 spiro atoms. The first-order chi connectivity index (χ1) is 14.2. The third kappa shape index (κ3) is 8.56. The molecule has 3 atom stereocenters. The predicted octanol–water partition coefficient (Wildman–Crippen LogP) is 4.55. The van der Waals surface area contributed by atoms with Crippen molar-refractivity contribution in [1.29, 1.82) is 0 Å². The summed E-state index contributed by atoms with van der Waals surface area (Å²) in [5.74, 6) is -2.07. The summed E-state index contributed by atoms with van der Waals surface area (Å²) in [6, 6.07) is 0. The van der Waals surface area contributed by atoms with Gasteiger partial charge in [-0.05, 0) is 60.2 Å². The zero-order valence-corrected chi connectivity index (χ0v) is 19.7. The molecule has 0 saturated heterocycles. The summed E-state index contributed by atoms with van der Waals surface area (Å²) < 4.78 is 10.3. The van der Waals surface area contributed by atoms with Crippen molar-refractivity contribution in [3.63, 3.8) is 0 Å². The summed E-state index contributed by atoms with van der Waals surface area (Å²) in [6.07, 6.45) is 13.8. The summed E-state index contributed by atoms with van der Waals surface area (Å²) in [5.41, 5.74) is -1.45. The largest absolute Gasteiger partial charge is 0.469 e. The molecule has 3 unspecified atom stereocenters. The summed E-state index contributed by atoms with van der Waals surface area (Å²) in [6.45, 7) is 3.41. The van der Waals surface area contributed by atoms with Gasteiger partial charge in [-0.15, -0.1) is 0 Å². The molecule has 0 aromatic heterocycles. The van der Waals surface area contributed by atoms with Gasteiger partial charge in [0.15, 0.2) is 5.78 Å². The number of halogens is 1. The summed E-state index contributed by atoms with van der Waals surface area (Å²) in [4.78, 5) is 35.6. The maximum atomic E-state index is 12.7. The Morgan fingerprint density at radius 1 is 1.23 bits per heavy atom. The lowest BCUT2D eigenvalue weighted by atomic mass is 9.82. The van der Waals surface area contributed by atoms with Crippen LogP contribution in [-0.2, 0) is 23.9 Å². The number of ketones is 1. The Bertz CT molecular complexity index is 681. The number of carbonyl (C=O) groups excluding carboxylic acids is 3. The van der Waals surface area contributed by atoms with E-state index in [-0.39, 0.29) is 29.1 Å². The van der Waals surface area contributed by atoms with Crippen LogP contribution in [0.25, 0.3) is 0 Å². The first-order valence-electron chi connectivity index (χ1n) is 10.5. The van der Waals surface area contributed by atoms with E-state index in [0.29, 0.717) is 12.8 Å². The third-order valence-corrected chi connectivity index (χ3v) is 5.57. The van der Waals surface area contributed by atoms with E-state index >= 15 is 0 Å². The molecule has 0 bridgehead atoms. The minimum absolute atomic E-state index is 0.249. The van der Waals surface area contributed by atoms with E-state index < -0.39 is 23.6 Å². The second-order valence-electron chi connectivity index (χ2n) is 7.47. The molecule has 168 valence electrons. The van der Waals surface area contributed by atoms with Crippen molar-refractivity contribution < 1.29 is 29.0 Å². The molecule has 6 nitrogen and oxygen atoms in total. The highest BCUT2D eigenvalue weighted by Crippen LogP contribution is 2.40. The number of rotatable bonds is 13. The highest BCUT2D eigenvalue weighted by atomic mass is 79.9. The van der Waals surface area contributed by atoms with Crippen molar-refractivity contribution in [1.82, 2.24) is 0 Å². The lowest BCUT2D eigenvalue weighted by Crippen LogP contribution is -2.44. The van der Waals surface area contributed by atoms with E-state index in [4.69, 9.17) is 4.74 Å². The van der Waals surface area contributed by atoms with Gasteiger partial charge in [0.1, 0.15) is 11.7 Å². The van der Waals surface area contributed by atoms with E-state index in [9.17, 15) is 19.5 Å². The van der Waals surface area contributed by atoms with E-state index in [2.05, 4.69) is 27.6 Å². The minimum atomic E-state index is -1.45. The van der Waals surface area contributed by atoms with Crippen LogP contribution >= 0.6 is 15.9 Å². The Balaban J connectivity index is 2.88. The quantitative estimate of drug-likeness (QED) is 0.234. The van der Waals surface area contributed by atoms with Crippen molar-refractivity contribution in [2.75, 3.05) is 7.11 Å². The molecule has 0 heterocycles. The Morgan fingerprint density at radius 3 is 2.57 bits per heavy atom. The van der Waals surface area contributed by atoms with E-state index in [1.54, 1.807) is 12.2 Å². The van der Waals surface area contributed by atoms with Crippen LogP contribution in [0.5, 0.6) is 0 Å². The fourth-order valence-corrected chi connectivity index (χ4v) is 4.03. The van der Waals surface area contributed by atoms with Crippen LogP contribution in [0.1, 0.15) is 65.2 Å². The van der Waals surface area contributed by atoms with Crippen molar-refractivity contribution >= 4 is 33.7 Å². The molecule has 0 aliphatic heterocycles. The molecule has 7 heteroatoms. The SMILES string of the molecule is CCCCCC=CCC1(O)C=C(Br)C(=O)C1C(C=CCCCC(=O)OC)OC(C)=O. The van der Waals surface area contributed by atoms with Crippen LogP contribution in [0, 0.1) is 5.92 Å². The standard InChI is InChI=1S/C23H33BrO6/c1-4-5-6-7-8-12-15-23(28)16-18(24)22(27)21(23)19(30-17(2)25)13-10-9-11-14-20(26)29-3/h8,10,12-13,16,19,21,28H,4-7,9,11,14-15H2,1-3H3. The van der Waals surface area contributed by atoms with Gasteiger partial charge in [-0.2, -0.15) is 0 Å². The Labute approximate surface area is 187 Å². The molecule has 0 fully saturated rings. The van der Waals surface area contributed by atoms with Gasteiger partial charge in [-0.1, -0.05) is 38.0 Å². The van der Waals surface area contributed by atoms with Gasteiger partial charge in [-0.3, -0.25) is 14.4 Å². The van der Waals surface area contributed by atoms with Gasteiger partial charge in [0.2, 0.25) is 0 Å². The number of carbonyl (C=O) groups is 3. The molecule has 1 N–H and O–H groups in total. The summed E-state index contributed by atoms with van der Waals surface area (Å²) in [5, 5.41) is 11.2. The Morgan fingerprint density at radius 2 is 1.93 bits per heavy atom. The molecule has 1 rings (SSSR count). The lowest BCUT2D eigenvalue weighted by Gasteiger charge is -2.31. The number of unbranched alkanes of at least 4 members (excludes halogenated alkanes) is 4. The van der Waals surface area contributed by atoms with Gasteiger partial charge >= 0.3 is 11.9 Å². The molecule has 1 aliphatic carbocycles. The normalized spacial score (nSPS) is 22.5. The molecule has 0 aromatic rings. The van der Waals surface area contributed by atoms with Crippen LogP contribution in [-0.4, -0.2) is 41.6 Å². The van der Waals surface area contributed by atoms with E-state index in [1.807, 2.05) is 12.2 Å². The van der Waals surface area contributed by atoms with Crippen molar-refractivity contribution in [2.45, 2.75) is 76.9 Å². The van der Waals surface area contributed by atoms with Gasteiger partial charge in [-0.25, -0.2) is 0 Å². The average Bonchev–Trinajstić information content (AvgIpc) is 2.91. The number of aliphatic hydroxyl groups is 1. The second-order valence-corrected chi connectivity index (χ2v) is 8.32. The van der Waals surface area contributed by atoms with Crippen LogP contribution in [0.4, 0.5) is 0 Å². The van der Waals surface area contributed by atoms with Gasteiger partial charge in [0.25, 0.3) is 0 Å². The number of Topliss-reactive ketones (excluding diaryl/α,β-unsaturated/α-hetero) is 1. The van der Waals surface area contributed by atoms with Gasteiger partial charge in [0, 0.05) is 13.3 Å². The molecule has 1 aliphatic rings. The number of allylic oxidation sites excluding steroid dienone is 3. The van der Waals surface area contributed by atoms with Crippen molar-refractivity contribution in [3.8, 4) is 0 Å². The minimum Gasteiger partial charge on any atom is -0.469 e. The first-order valence-corrected chi connectivity index (χ1v) is 11.2. The molecular weight excluding hydrogens is 452 g/mol. The average molecular weight is 485 g/mol. The molecule has 0 radical (unpaired) electrons. The molecule has 0 aromatic carbocycles. The number of hydrogen-bond donors (Lipinski definition) is 1. The van der Waals surface area contributed by atoms with Crippen LogP contribution in [0.2, 0.25) is 0 Å². The highest BCUT2D eigenvalue weighted by Gasteiger charge is 2.50. The number of esters is 2. The Kier molecular flexibility index (Phi) is 11.9. The zero-order valence-electron chi connectivity index (χ0n) is 18.1. The van der Waals surface area contributed by atoms with Crippen molar-refractivity contribution in [3.05, 3.63) is 34.9 Å². The monoisotopic (exact) mass is 484 g/mol. The zero-order chi connectivity index (χ0) is 22.6. The van der Waals surface area contributed by atoms with Crippen LogP contribution in [0.15, 0.2) is 34.9 Å². The number of ether oxygens (including phenoxy) is 2. The molecule has 0 saturated carbocycles. The number of hydrogen-bond acceptors (Lipinski definition) is 6. The van der Waals surface area contributed by atoms with Crippen LogP contribution in [0.3, 0.4) is 0 Å². The third-order valence-electron chi connectivity index (χ3n) is 4.95. The van der Waals surface area contributed by atoms with E-state index in [1.165, 1.54) is 20.1 Å². The van der Waals surface area contributed by atoms with Crippen molar-refractivity contribution in [2.24, 2.45) is 5.92 Å². The topological polar surface area (TPSA) is 89.9 Å². The maximum Gasteiger partial charge on any atom is 0.305 e. The van der Waals surface area contributed by atoms with Gasteiger partial charge < -0.3 is 14.6 Å². The maximum absolute atomic E-state index is 12.7. The summed E-state index contributed by atoms with van der Waals surface area (Å²) >= 11 is 3.23. The highest BCUT2D eigenvalue weighted by molar-refractivity contribution is 9.12. The lowest BCUT2D eigenvalue weighted by molar-refractivity contribution is -0.152. The fraction of sp³-hybridized carbons (Fsp3) is 0.609. The van der Waals surface area contributed by atoms with E-state index in [0.717, 1.165) is 25.7 Å². The van der Waals surface area contributed by atoms with Crippen LogP contribution < -0.4 is 0 Å². The molecular formula is C23H33BrO6. The summed E-state index contributed by atoms with van der Waals surface area (Å²) in [7, 11) is 1.34. The Hall–Kier alpha value is -1.73. The predicted molar refractivity (Wildman–Crippen MR) is 119 cm³/mol. The van der Waals surface area contributed by atoms with Gasteiger partial charge in [0.05, 0.1) is 17.5 Å². The fourth-order valence-electron chi connectivity index (χ4n) is 3.38. The first kappa shape index (κ1) is 26.3. The number of methoxy groups -OCH3 is 1. The molecule has 0 amide bonds. The smallest absolute Gasteiger partial charge is 0.305 e.